The van der Waals surface area contributed by atoms with Crippen LogP contribution in [0.2, 0.25) is 0 Å². The molecule has 30 heavy (non-hydrogen) atoms. The fourth-order valence-electron chi connectivity index (χ4n) is 1.45. The molecule has 0 saturated carbocycles. The van der Waals surface area contributed by atoms with Gasteiger partial charge in [-0.05, 0) is 36.0 Å². The van der Waals surface area contributed by atoms with Crippen LogP contribution in [0.25, 0.3) is 0 Å². The summed E-state index contributed by atoms with van der Waals surface area (Å²) in [7, 11) is 0. The Labute approximate surface area is 207 Å². The first-order chi connectivity index (χ1) is 14.3. The van der Waals surface area contributed by atoms with Gasteiger partial charge >= 0.3 is 0 Å². The molecule has 1 atom stereocenters. The van der Waals surface area contributed by atoms with E-state index in [0.29, 0.717) is 0 Å². The fourth-order valence-corrected chi connectivity index (χ4v) is 1.98. The van der Waals surface area contributed by atoms with E-state index in [1.165, 1.54) is 43.0 Å². The summed E-state index contributed by atoms with van der Waals surface area (Å²) in [4.78, 5) is 0. The lowest BCUT2D eigenvalue weighted by molar-refractivity contribution is 0.664. The van der Waals surface area contributed by atoms with Gasteiger partial charge in [0.15, 0.2) is 0 Å². The van der Waals surface area contributed by atoms with Crippen LogP contribution in [0.1, 0.15) is 114 Å². The molecule has 1 heteroatoms. The van der Waals surface area contributed by atoms with Crippen molar-refractivity contribution in [2.45, 2.75) is 114 Å². The summed E-state index contributed by atoms with van der Waals surface area (Å²) in [6.45, 7) is 25.2. The van der Waals surface area contributed by atoms with Crippen molar-refractivity contribution in [3.8, 4) is 0 Å². The van der Waals surface area contributed by atoms with Crippen LogP contribution in [0.4, 0.5) is 0 Å². The summed E-state index contributed by atoms with van der Waals surface area (Å²) in [5, 5.41) is 0. The lowest BCUT2D eigenvalue weighted by atomic mass is 10.1. The minimum Gasteiger partial charge on any atom is -0.102 e. The van der Waals surface area contributed by atoms with Crippen molar-refractivity contribution in [1.82, 2.24) is 0 Å². The standard InChI is InChI=1S/C11H17.C7H14.C5H11I.2C3H8/c1-4-5-6-7-8-9-10-11(2)3;1-4-6-7(3)5-2;1-2-3-4-5-6;2*1-3-2/h4-9,11H,1,10H2,2-3H3;4,6-7H,5H2,1-3H3;2-5H2,1H3;2*3H2,1-2H3/b7-6-,9-8+;6-4+;;;. The van der Waals surface area contributed by atoms with E-state index in [1.807, 2.05) is 18.6 Å². The molecule has 0 amide bonds. The third kappa shape index (κ3) is 80.1. The minimum atomic E-state index is 0.753. The molecule has 0 aromatic heterocycles. The molecule has 1 radical (unpaired) electrons. The van der Waals surface area contributed by atoms with Crippen molar-refractivity contribution in [3.05, 3.63) is 55.5 Å². The molecule has 0 aromatic carbocycles. The van der Waals surface area contributed by atoms with Crippen molar-refractivity contribution in [1.29, 1.82) is 0 Å². The van der Waals surface area contributed by atoms with E-state index in [-0.39, 0.29) is 0 Å². The van der Waals surface area contributed by atoms with Gasteiger partial charge in [-0.15, -0.1) is 6.58 Å². The van der Waals surface area contributed by atoms with E-state index in [4.69, 9.17) is 0 Å². The van der Waals surface area contributed by atoms with Crippen molar-refractivity contribution < 1.29 is 0 Å². The SMILES string of the molecule is C/C=C/C(C)CC.C=C[CH]/C=C\C=C\CC(C)C.CCC.CCC.CCCCCI. The maximum atomic E-state index is 3.58. The molecule has 0 aliphatic carbocycles. The Bertz CT molecular complexity index is 317. The van der Waals surface area contributed by atoms with Crippen LogP contribution in [0.15, 0.2) is 49.1 Å². The van der Waals surface area contributed by atoms with E-state index < -0.39 is 0 Å². The van der Waals surface area contributed by atoms with Gasteiger partial charge < -0.3 is 0 Å². The van der Waals surface area contributed by atoms with E-state index in [0.717, 1.165) is 18.3 Å². The first kappa shape index (κ1) is 40.1. The molecule has 0 heterocycles. The Morgan fingerprint density at radius 3 is 1.63 bits per heavy atom. The van der Waals surface area contributed by atoms with Crippen LogP contribution in [-0.4, -0.2) is 4.43 Å². The molecule has 0 saturated heterocycles. The number of halogens is 1. The van der Waals surface area contributed by atoms with Crippen LogP contribution in [0.3, 0.4) is 0 Å². The number of allylic oxidation sites excluding steroid dienone is 7. The van der Waals surface area contributed by atoms with Crippen LogP contribution in [0.5, 0.6) is 0 Å². The van der Waals surface area contributed by atoms with Gasteiger partial charge in [-0.2, -0.15) is 0 Å². The van der Waals surface area contributed by atoms with Gasteiger partial charge in [0.05, 0.1) is 0 Å². The van der Waals surface area contributed by atoms with E-state index in [2.05, 4.69) is 123 Å². The zero-order valence-corrected chi connectivity index (χ0v) is 24.7. The molecule has 0 spiro atoms. The molecule has 0 nitrogen and oxygen atoms in total. The van der Waals surface area contributed by atoms with Gasteiger partial charge in [-0.3, -0.25) is 0 Å². The van der Waals surface area contributed by atoms with Gasteiger partial charge in [0.1, 0.15) is 0 Å². The Morgan fingerprint density at radius 2 is 1.37 bits per heavy atom. The third-order valence-electron chi connectivity index (χ3n) is 3.12. The molecule has 0 N–H and O–H groups in total. The van der Waals surface area contributed by atoms with Crippen molar-refractivity contribution in [3.63, 3.8) is 0 Å². The normalized spacial score (nSPS) is 10.9. The molecule has 181 valence electrons. The van der Waals surface area contributed by atoms with Gasteiger partial charge in [0, 0.05) is 6.42 Å². The van der Waals surface area contributed by atoms with Crippen molar-refractivity contribution >= 4 is 22.6 Å². The van der Waals surface area contributed by atoms with E-state index in [9.17, 15) is 0 Å². The molecule has 0 aliphatic heterocycles. The molecule has 0 aromatic rings. The van der Waals surface area contributed by atoms with Gasteiger partial charge in [0.25, 0.3) is 0 Å². The molecular weight excluding hydrogens is 475 g/mol. The first-order valence-electron chi connectivity index (χ1n) is 12.3. The maximum Gasteiger partial charge on any atom is 0.00446 e. The summed E-state index contributed by atoms with van der Waals surface area (Å²) in [5.74, 6) is 1.52. The minimum absolute atomic E-state index is 0.753. The third-order valence-corrected chi connectivity index (χ3v) is 3.88. The van der Waals surface area contributed by atoms with Crippen molar-refractivity contribution in [2.24, 2.45) is 11.8 Å². The average molecular weight is 534 g/mol. The Hall–Kier alpha value is -0.310. The second-order valence-corrected chi connectivity index (χ2v) is 8.67. The number of alkyl halides is 1. The fraction of sp³-hybridized carbons (Fsp3) is 0.690. The highest BCUT2D eigenvalue weighted by molar-refractivity contribution is 14.1. The topological polar surface area (TPSA) is 0 Å². The molecule has 0 fully saturated rings. The summed E-state index contributed by atoms with van der Waals surface area (Å²) < 4.78 is 1.32. The number of unbranched alkanes of at least 4 members (excludes halogenated alkanes) is 2. The van der Waals surface area contributed by atoms with Crippen LogP contribution >= 0.6 is 22.6 Å². The largest absolute Gasteiger partial charge is 0.102 e. The number of hydrogen-bond acceptors (Lipinski definition) is 0. The summed E-state index contributed by atoms with van der Waals surface area (Å²) in [6, 6.07) is 0. The Morgan fingerprint density at radius 1 is 0.833 bits per heavy atom. The van der Waals surface area contributed by atoms with E-state index in [1.54, 1.807) is 6.08 Å². The lowest BCUT2D eigenvalue weighted by Crippen LogP contribution is -1.81. The second-order valence-electron chi connectivity index (χ2n) is 7.59. The van der Waals surface area contributed by atoms with Gasteiger partial charge in [-0.1, -0.05) is 160 Å². The molecule has 0 aliphatic rings. The smallest absolute Gasteiger partial charge is 0.00446 e. The number of rotatable bonds is 10. The molecular formula is C29H58I. The predicted octanol–water partition coefficient (Wildman–Crippen LogP) is 11.6. The Balaban J connectivity index is -0.0000000953. The van der Waals surface area contributed by atoms with E-state index >= 15 is 0 Å². The van der Waals surface area contributed by atoms with Gasteiger partial charge in [0.2, 0.25) is 0 Å². The highest BCUT2D eigenvalue weighted by atomic mass is 127. The predicted molar refractivity (Wildman–Crippen MR) is 157 cm³/mol. The highest BCUT2D eigenvalue weighted by Gasteiger charge is 1.86. The zero-order chi connectivity index (χ0) is 24.5. The molecule has 1 unspecified atom stereocenters. The molecule has 0 rings (SSSR count). The maximum absolute atomic E-state index is 3.58. The van der Waals surface area contributed by atoms with Crippen molar-refractivity contribution in [2.75, 3.05) is 4.43 Å². The lowest BCUT2D eigenvalue weighted by Gasteiger charge is -1.95. The van der Waals surface area contributed by atoms with Crippen LogP contribution < -0.4 is 0 Å². The van der Waals surface area contributed by atoms with Crippen LogP contribution in [0, 0.1) is 18.3 Å². The second kappa shape index (κ2) is 46.8. The quantitative estimate of drug-likeness (QED) is 0.0861. The van der Waals surface area contributed by atoms with Crippen LogP contribution in [-0.2, 0) is 0 Å². The average Bonchev–Trinajstić information content (AvgIpc) is 2.71. The first-order valence-corrected chi connectivity index (χ1v) is 13.8. The summed E-state index contributed by atoms with van der Waals surface area (Å²) in [6.07, 6.45) is 25.3. The summed E-state index contributed by atoms with van der Waals surface area (Å²) >= 11 is 2.41. The monoisotopic (exact) mass is 533 g/mol. The Kier molecular flexibility index (Phi) is 62.5. The van der Waals surface area contributed by atoms with Gasteiger partial charge in [-0.25, -0.2) is 0 Å². The highest BCUT2D eigenvalue weighted by Crippen LogP contribution is 2.00. The number of hydrogen-bond donors (Lipinski definition) is 0. The zero-order valence-electron chi connectivity index (χ0n) is 22.5. The molecule has 0 bridgehead atoms. The summed E-state index contributed by atoms with van der Waals surface area (Å²) in [5.41, 5.74) is 0.